The van der Waals surface area contributed by atoms with Crippen LogP contribution in [0.5, 0.6) is 0 Å². The van der Waals surface area contributed by atoms with Gasteiger partial charge in [0.2, 0.25) is 53.2 Å². The third-order valence-electron chi connectivity index (χ3n) is 15.0. The fourth-order valence-corrected chi connectivity index (χ4v) is 13.9. The minimum Gasteiger partial charge on any atom is -0.391 e. The molecule has 1 aromatic heterocycles. The third-order valence-corrected chi connectivity index (χ3v) is 19.5. The number of hydroxylamine groups is 2. The highest BCUT2D eigenvalue weighted by Gasteiger charge is 2.44. The van der Waals surface area contributed by atoms with Gasteiger partial charge in [0.1, 0.15) is 30.2 Å². The number of aliphatic hydroxyl groups is 1. The first-order chi connectivity index (χ1) is 38.3. The number of H-pyrrole nitrogens is 1. The molecule has 2 fully saturated rings. The van der Waals surface area contributed by atoms with E-state index in [0.29, 0.717) is 63.7 Å². The Balaban J connectivity index is 1.37. The number of aromatic nitrogens is 1. The van der Waals surface area contributed by atoms with Crippen LogP contribution in [0.15, 0.2) is 23.2 Å². The predicted molar refractivity (Wildman–Crippen MR) is 302 cm³/mol. The molecule has 0 radical (unpaired) electrons. The molecule has 444 valence electrons. The molecule has 11 amide bonds. The van der Waals surface area contributed by atoms with E-state index in [1.165, 1.54) is 28.5 Å². The molecule has 4 aliphatic rings. The van der Waals surface area contributed by atoms with Gasteiger partial charge >= 0.3 is 5.97 Å². The van der Waals surface area contributed by atoms with Gasteiger partial charge in [-0.05, 0) is 75.1 Å². The third kappa shape index (κ3) is 17.1. The molecule has 3 unspecified atom stereocenters. The predicted octanol–water partition coefficient (Wildman–Crippen LogP) is 1.06. The van der Waals surface area contributed by atoms with Gasteiger partial charge < -0.3 is 62.8 Å². The number of aromatic amines is 1. The molecule has 0 saturated carbocycles. The normalized spacial score (nSPS) is 25.7. The van der Waals surface area contributed by atoms with E-state index in [-0.39, 0.29) is 56.7 Å². The van der Waals surface area contributed by atoms with E-state index in [4.69, 9.17) is 10.6 Å². The molecule has 5 heterocycles. The van der Waals surface area contributed by atoms with Crippen LogP contribution in [0.4, 0.5) is 5.69 Å². The number of amides is 11. The van der Waals surface area contributed by atoms with Gasteiger partial charge in [-0.2, -0.15) is 0 Å². The lowest BCUT2D eigenvalue weighted by Crippen LogP contribution is -2.60. The zero-order chi connectivity index (χ0) is 59.5. The summed E-state index contributed by atoms with van der Waals surface area (Å²) < 4.78 is -0.503. The van der Waals surface area contributed by atoms with Crippen molar-refractivity contribution in [2.75, 3.05) is 36.5 Å². The van der Waals surface area contributed by atoms with Crippen LogP contribution in [0.2, 0.25) is 0 Å². The maximum atomic E-state index is 14.5. The number of nitrogens with zero attached hydrogens (tertiary/aromatic N) is 2. The smallest absolute Gasteiger partial charge is 0.333 e. The Hall–Kier alpha value is -6.39. The second kappa shape index (κ2) is 28.5. The average molecular weight is 1190 g/mol. The molecule has 2 aromatic rings. The minimum absolute atomic E-state index is 0.0246. The van der Waals surface area contributed by atoms with Crippen molar-refractivity contribution >= 4 is 121 Å². The Morgan fingerprint density at radius 3 is 2.28 bits per heavy atom. The molecule has 25 nitrogen and oxygen atoms in total. The van der Waals surface area contributed by atoms with E-state index < -0.39 is 143 Å². The first-order valence-electron chi connectivity index (χ1n) is 27.3. The summed E-state index contributed by atoms with van der Waals surface area (Å²) in [4.78, 5) is 172. The molecule has 0 spiro atoms. The SMILES string of the molecule is CCC(C)[C@@H]1NC(=O)[C@@H]2C[C@@H](O)CN2C(=O)C(C)NC(=O)[C@@H]2CSc3[nH]c4ccc(cc4c3C[C@@H](C(=O)NCC(N)=O)NC1=O)NC(=O)CC(CCSSC(C)(C)CCC(=O)ON1C(=O)CCC1=O)[C@@H]([C@@H](C)CC)C(=O)NCC(=O)N2. The number of primary amides is 1. The molecule has 81 heavy (non-hydrogen) atoms. The number of hydrogen-bond acceptors (Lipinski definition) is 17. The molecule has 6 rings (SSSR count). The van der Waals surface area contributed by atoms with Crippen molar-refractivity contribution in [3.8, 4) is 0 Å². The highest BCUT2D eigenvalue weighted by Crippen LogP contribution is 2.41. The van der Waals surface area contributed by atoms with Gasteiger partial charge in [-0.25, -0.2) is 4.79 Å². The van der Waals surface area contributed by atoms with Crippen LogP contribution in [0, 0.1) is 23.7 Å². The Labute approximate surface area is 481 Å². The molecule has 2 saturated heterocycles. The average Bonchev–Trinajstić information content (AvgIpc) is 4.08. The van der Waals surface area contributed by atoms with Gasteiger partial charge in [0, 0.05) is 83.8 Å². The van der Waals surface area contributed by atoms with Crippen molar-refractivity contribution in [3.63, 3.8) is 0 Å². The number of carbonyl (C=O) groups is 12. The molecule has 10 atom stereocenters. The number of benzene rings is 1. The largest absolute Gasteiger partial charge is 0.391 e. The summed E-state index contributed by atoms with van der Waals surface area (Å²) in [6.45, 7) is 11.1. The van der Waals surface area contributed by atoms with Crippen molar-refractivity contribution in [3.05, 3.63) is 23.8 Å². The second-order valence-electron chi connectivity index (χ2n) is 21.7. The number of fused-ring (bicyclic) bond motifs is 4. The van der Waals surface area contributed by atoms with Gasteiger partial charge in [0.15, 0.2) is 0 Å². The summed E-state index contributed by atoms with van der Waals surface area (Å²) in [7, 11) is 2.95. The maximum Gasteiger partial charge on any atom is 0.333 e. The first-order valence-corrected chi connectivity index (χ1v) is 30.6. The molecule has 0 aliphatic carbocycles. The fraction of sp³-hybridized carbons (Fsp3) is 0.623. The summed E-state index contributed by atoms with van der Waals surface area (Å²) in [5.74, 6) is -10.3. The number of imide groups is 1. The summed E-state index contributed by atoms with van der Waals surface area (Å²) >= 11 is 1.06. The van der Waals surface area contributed by atoms with Gasteiger partial charge in [0.25, 0.3) is 11.8 Å². The van der Waals surface area contributed by atoms with Crippen LogP contribution in [0.25, 0.3) is 10.9 Å². The van der Waals surface area contributed by atoms with Crippen molar-refractivity contribution in [1.82, 2.24) is 46.8 Å². The number of thioether (sulfide) groups is 1. The lowest BCUT2D eigenvalue weighted by molar-refractivity contribution is -0.197. The number of aliphatic hydroxyl groups excluding tert-OH is 1. The number of rotatable bonds is 16. The lowest BCUT2D eigenvalue weighted by Gasteiger charge is -2.31. The van der Waals surface area contributed by atoms with Crippen LogP contribution < -0.4 is 43.0 Å². The molecule has 1 aromatic carbocycles. The van der Waals surface area contributed by atoms with Crippen molar-refractivity contribution < 1.29 is 67.5 Å². The van der Waals surface area contributed by atoms with Gasteiger partial charge in [-0.15, -0.1) is 16.8 Å². The molecule has 28 heteroatoms. The molecular weight excluding hydrogens is 1110 g/mol. The highest BCUT2D eigenvalue weighted by molar-refractivity contribution is 8.77. The van der Waals surface area contributed by atoms with Crippen LogP contribution in [0.3, 0.4) is 0 Å². The standard InChI is InChI=1S/C53H75N11O14S3/c1-8-26(3)44-29(15-17-80-81-53(6,7)16-14-43(71)78-64-41(69)12-13-42(64)70)18-39(67)58-30-10-11-34-32(19-30)33-21-35(46(72)55-22-38(54)66)60-50(76)45(27(4)9-2)62-48(74)37-20-31(65)24-63(37)52(77)28(5)57-47(73)36(25-79-51(33)61-34)59-40(68)23-56-49(44)75/h10-11,19,26-29,31,35-37,44-45,61,65H,8-9,12-18,20-25H2,1-7H3,(H2,54,66)(H,55,72)(H,56,75)(H,57,73)(H,58,67)(H,59,68)(H,60,76)(H,62,74)/t26-,27?,28?,29?,31+,35-,36-,37-,44+,45-/m0/s1. The Morgan fingerprint density at radius 2 is 1.60 bits per heavy atom. The highest BCUT2D eigenvalue weighted by atomic mass is 33.1. The van der Waals surface area contributed by atoms with Gasteiger partial charge in [-0.3, -0.25) is 52.7 Å². The van der Waals surface area contributed by atoms with Crippen molar-refractivity contribution in [1.29, 1.82) is 0 Å². The maximum absolute atomic E-state index is 14.5. The first kappa shape index (κ1) is 63.8. The van der Waals surface area contributed by atoms with E-state index in [1.807, 2.05) is 27.7 Å². The molecule has 4 aliphatic heterocycles. The number of anilines is 1. The molecule has 11 N–H and O–H groups in total. The number of nitrogens with two attached hydrogens (primary N) is 1. The lowest BCUT2D eigenvalue weighted by atomic mass is 9.77. The van der Waals surface area contributed by atoms with Gasteiger partial charge in [0.05, 0.1) is 24.2 Å². The molecule has 5 bridgehead atoms. The summed E-state index contributed by atoms with van der Waals surface area (Å²) in [5, 5.41) is 31.2. The topological polar surface area (TPSA) is 367 Å². The monoisotopic (exact) mass is 1190 g/mol. The number of carbonyl (C=O) groups excluding carboxylic acids is 12. The Morgan fingerprint density at radius 1 is 0.901 bits per heavy atom. The van der Waals surface area contributed by atoms with Crippen molar-refractivity contribution in [2.24, 2.45) is 29.4 Å². The van der Waals surface area contributed by atoms with E-state index in [0.717, 1.165) is 16.7 Å². The molecular formula is C53H75N11O14S3. The zero-order valence-corrected chi connectivity index (χ0v) is 49.0. The van der Waals surface area contributed by atoms with E-state index >= 15 is 0 Å². The second-order valence-corrected chi connectivity index (χ2v) is 25.9. The van der Waals surface area contributed by atoms with Gasteiger partial charge in [-0.1, -0.05) is 62.1 Å². The number of nitrogens with one attached hydrogen (secondary N) is 8. The van der Waals surface area contributed by atoms with Crippen LogP contribution in [-0.2, 0) is 68.8 Å². The summed E-state index contributed by atoms with van der Waals surface area (Å²) in [6, 6.07) is -1.66. The zero-order valence-electron chi connectivity index (χ0n) is 46.6. The minimum atomic E-state index is -1.45. The van der Waals surface area contributed by atoms with Crippen LogP contribution >= 0.6 is 33.3 Å². The Bertz CT molecular complexity index is 2740. The number of hydrogen-bond donors (Lipinski definition) is 10. The fourth-order valence-electron chi connectivity index (χ4n) is 10.1. The van der Waals surface area contributed by atoms with Crippen LogP contribution in [-0.4, -0.2) is 163 Å². The Kier molecular flexibility index (Phi) is 22.5. The van der Waals surface area contributed by atoms with E-state index in [9.17, 15) is 62.6 Å². The summed E-state index contributed by atoms with van der Waals surface area (Å²) in [5.41, 5.74) is 6.67. The summed E-state index contributed by atoms with van der Waals surface area (Å²) in [6.07, 6.45) is -0.266. The quantitative estimate of drug-likeness (QED) is 0.0638. The van der Waals surface area contributed by atoms with Crippen molar-refractivity contribution in [2.45, 2.75) is 159 Å². The van der Waals surface area contributed by atoms with E-state index in [1.54, 1.807) is 32.0 Å². The van der Waals surface area contributed by atoms with Crippen LogP contribution in [0.1, 0.15) is 112 Å². The van der Waals surface area contributed by atoms with E-state index in [2.05, 4.69) is 42.2 Å².